The molecule has 1 aliphatic rings. The lowest BCUT2D eigenvalue weighted by atomic mass is 10.2. The lowest BCUT2D eigenvalue weighted by molar-refractivity contribution is -0.142. The predicted molar refractivity (Wildman–Crippen MR) is 76.2 cm³/mol. The Morgan fingerprint density at radius 1 is 1.36 bits per heavy atom. The summed E-state index contributed by atoms with van der Waals surface area (Å²) in [6, 6.07) is 9.26. The number of carbonyl (C=O) groups is 1. The summed E-state index contributed by atoms with van der Waals surface area (Å²) in [5.41, 5.74) is 0. The van der Waals surface area contributed by atoms with Crippen molar-refractivity contribution in [3.63, 3.8) is 0 Å². The third kappa shape index (κ3) is 3.43. The lowest BCUT2D eigenvalue weighted by Crippen LogP contribution is -2.44. The molecule has 7 nitrogen and oxygen atoms in total. The summed E-state index contributed by atoms with van der Waals surface area (Å²) in [5.74, 6) is 1.47. The number of para-hydroxylation sites is 1. The second-order valence-corrected chi connectivity index (χ2v) is 4.96. The van der Waals surface area contributed by atoms with Gasteiger partial charge in [0, 0.05) is 13.5 Å². The maximum Gasteiger partial charge on any atom is 0.260 e. The Bertz CT molecular complexity index is 629. The molecule has 0 saturated carbocycles. The van der Waals surface area contributed by atoms with Gasteiger partial charge in [-0.25, -0.2) is 0 Å². The van der Waals surface area contributed by atoms with E-state index < -0.39 is 0 Å². The number of carbonyl (C=O) groups excluding carboxylic acids is 1. The zero-order valence-electron chi connectivity index (χ0n) is 12.3. The van der Waals surface area contributed by atoms with E-state index in [1.807, 2.05) is 30.3 Å². The van der Waals surface area contributed by atoms with Crippen LogP contribution in [0.1, 0.15) is 17.9 Å². The molecule has 3 rings (SSSR count). The normalized spacial score (nSPS) is 18.2. The van der Waals surface area contributed by atoms with Gasteiger partial charge >= 0.3 is 0 Å². The van der Waals surface area contributed by atoms with Crippen molar-refractivity contribution in [1.29, 1.82) is 0 Å². The van der Waals surface area contributed by atoms with E-state index in [1.165, 1.54) is 0 Å². The first-order chi connectivity index (χ1) is 10.7. The van der Waals surface area contributed by atoms with Crippen LogP contribution in [-0.4, -0.2) is 47.3 Å². The van der Waals surface area contributed by atoms with Gasteiger partial charge in [-0.15, -0.1) is 10.2 Å². The van der Waals surface area contributed by atoms with Crippen molar-refractivity contribution in [3.8, 4) is 5.75 Å². The molecule has 2 aromatic rings. The van der Waals surface area contributed by atoms with Crippen molar-refractivity contribution in [1.82, 2.24) is 15.1 Å². The Morgan fingerprint density at radius 3 is 2.91 bits per heavy atom. The van der Waals surface area contributed by atoms with Gasteiger partial charge in [0.2, 0.25) is 11.8 Å². The number of benzene rings is 1. The second-order valence-electron chi connectivity index (χ2n) is 4.96. The fourth-order valence-electron chi connectivity index (χ4n) is 2.22. The predicted octanol–water partition coefficient (Wildman–Crippen LogP) is 1.36. The summed E-state index contributed by atoms with van der Waals surface area (Å²) in [5, 5.41) is 7.73. The molecule has 1 saturated heterocycles. The van der Waals surface area contributed by atoms with Gasteiger partial charge in [-0.05, 0) is 12.1 Å². The second kappa shape index (κ2) is 6.57. The van der Waals surface area contributed by atoms with Gasteiger partial charge in [0.25, 0.3) is 5.91 Å². The minimum atomic E-state index is -0.379. The molecule has 1 amide bonds. The molecule has 2 heterocycles. The van der Waals surface area contributed by atoms with Crippen molar-refractivity contribution >= 4 is 5.91 Å². The first-order valence-electron chi connectivity index (χ1n) is 7.09. The van der Waals surface area contributed by atoms with Crippen LogP contribution in [0.4, 0.5) is 0 Å². The summed E-state index contributed by atoms with van der Waals surface area (Å²) < 4.78 is 16.4. The number of hydrogen-bond donors (Lipinski definition) is 0. The number of aromatic nitrogens is 2. The van der Waals surface area contributed by atoms with Gasteiger partial charge in [0.1, 0.15) is 5.75 Å². The van der Waals surface area contributed by atoms with Gasteiger partial charge in [0.15, 0.2) is 12.7 Å². The van der Waals surface area contributed by atoms with E-state index in [0.717, 1.165) is 0 Å². The quantitative estimate of drug-likeness (QED) is 0.848. The maximum atomic E-state index is 12.2. The average Bonchev–Trinajstić information content (AvgIpc) is 3.00. The van der Waals surface area contributed by atoms with Crippen LogP contribution >= 0.6 is 0 Å². The standard InChI is InChI=1S/C15H17N3O4/c1-11-16-17-15(22-11)13-9-18(7-8-20-13)14(19)10-21-12-5-3-2-4-6-12/h2-6,13H,7-10H2,1H3/t13-/m1/s1. The zero-order valence-corrected chi connectivity index (χ0v) is 12.3. The van der Waals surface area contributed by atoms with Gasteiger partial charge < -0.3 is 18.8 Å². The van der Waals surface area contributed by atoms with E-state index in [-0.39, 0.29) is 18.6 Å². The van der Waals surface area contributed by atoms with Crippen molar-refractivity contribution in [3.05, 3.63) is 42.1 Å². The van der Waals surface area contributed by atoms with Crippen LogP contribution in [0.5, 0.6) is 5.75 Å². The molecule has 1 atom stereocenters. The highest BCUT2D eigenvalue weighted by Crippen LogP contribution is 2.21. The number of rotatable bonds is 4. The highest BCUT2D eigenvalue weighted by atomic mass is 16.5. The summed E-state index contributed by atoms with van der Waals surface area (Å²) in [7, 11) is 0. The monoisotopic (exact) mass is 303 g/mol. The smallest absolute Gasteiger partial charge is 0.260 e. The van der Waals surface area contributed by atoms with E-state index in [1.54, 1.807) is 11.8 Å². The number of amides is 1. The van der Waals surface area contributed by atoms with Crippen molar-refractivity contribution in [2.75, 3.05) is 26.3 Å². The Labute approximate surface area is 127 Å². The van der Waals surface area contributed by atoms with Gasteiger partial charge in [0.05, 0.1) is 13.2 Å². The molecule has 0 spiro atoms. The van der Waals surface area contributed by atoms with E-state index in [4.69, 9.17) is 13.9 Å². The fourth-order valence-corrected chi connectivity index (χ4v) is 2.22. The van der Waals surface area contributed by atoms with E-state index in [0.29, 0.717) is 37.2 Å². The van der Waals surface area contributed by atoms with Gasteiger partial charge in [-0.1, -0.05) is 18.2 Å². The van der Waals surface area contributed by atoms with Crippen LogP contribution in [0, 0.1) is 6.92 Å². The SMILES string of the molecule is Cc1nnc([C@H]2CN(C(=O)COc3ccccc3)CCO2)o1. The Balaban J connectivity index is 1.56. The summed E-state index contributed by atoms with van der Waals surface area (Å²) in [4.78, 5) is 13.9. The maximum absolute atomic E-state index is 12.2. The zero-order chi connectivity index (χ0) is 15.4. The highest BCUT2D eigenvalue weighted by Gasteiger charge is 2.29. The number of ether oxygens (including phenoxy) is 2. The van der Waals surface area contributed by atoms with Crippen LogP contribution < -0.4 is 4.74 Å². The van der Waals surface area contributed by atoms with Gasteiger partial charge in [-0.2, -0.15) is 0 Å². The minimum Gasteiger partial charge on any atom is -0.484 e. The van der Waals surface area contributed by atoms with E-state index >= 15 is 0 Å². The number of hydrogen-bond acceptors (Lipinski definition) is 6. The number of nitrogens with zero attached hydrogens (tertiary/aromatic N) is 3. The molecule has 116 valence electrons. The molecule has 0 unspecified atom stereocenters. The van der Waals surface area contributed by atoms with Crippen LogP contribution in [0.25, 0.3) is 0 Å². The molecule has 0 N–H and O–H groups in total. The minimum absolute atomic E-state index is 0.000402. The third-order valence-corrected chi connectivity index (χ3v) is 3.34. The average molecular weight is 303 g/mol. The van der Waals surface area contributed by atoms with Crippen LogP contribution in [0.2, 0.25) is 0 Å². The van der Waals surface area contributed by atoms with Crippen molar-refractivity contribution in [2.45, 2.75) is 13.0 Å². The first-order valence-corrected chi connectivity index (χ1v) is 7.09. The third-order valence-electron chi connectivity index (χ3n) is 3.34. The summed E-state index contributed by atoms with van der Waals surface area (Å²) >= 11 is 0. The van der Waals surface area contributed by atoms with Crippen LogP contribution in [0.15, 0.2) is 34.7 Å². The molecule has 1 fully saturated rings. The molecule has 0 aliphatic carbocycles. The van der Waals surface area contributed by atoms with Crippen molar-refractivity contribution < 1.29 is 18.7 Å². The largest absolute Gasteiger partial charge is 0.484 e. The Hall–Kier alpha value is -2.41. The molecule has 0 bridgehead atoms. The molecule has 7 heteroatoms. The topological polar surface area (TPSA) is 77.7 Å². The molecule has 0 radical (unpaired) electrons. The molecular formula is C15H17N3O4. The molecule has 22 heavy (non-hydrogen) atoms. The first kappa shape index (κ1) is 14.5. The molecule has 1 aromatic carbocycles. The Morgan fingerprint density at radius 2 is 2.18 bits per heavy atom. The van der Waals surface area contributed by atoms with Gasteiger partial charge in [-0.3, -0.25) is 4.79 Å². The summed E-state index contributed by atoms with van der Waals surface area (Å²) in [6.07, 6.45) is -0.379. The summed E-state index contributed by atoms with van der Waals surface area (Å²) in [6.45, 7) is 3.07. The Kier molecular flexibility index (Phi) is 4.34. The lowest BCUT2D eigenvalue weighted by Gasteiger charge is -2.31. The van der Waals surface area contributed by atoms with Crippen LogP contribution in [-0.2, 0) is 9.53 Å². The molecule has 1 aliphatic heterocycles. The van der Waals surface area contributed by atoms with Crippen molar-refractivity contribution in [2.24, 2.45) is 0 Å². The molecular weight excluding hydrogens is 286 g/mol. The van der Waals surface area contributed by atoms with E-state index in [9.17, 15) is 4.79 Å². The number of morpholine rings is 1. The highest BCUT2D eigenvalue weighted by molar-refractivity contribution is 5.77. The molecule has 1 aromatic heterocycles. The number of aryl methyl sites for hydroxylation is 1. The van der Waals surface area contributed by atoms with E-state index in [2.05, 4.69) is 10.2 Å². The fraction of sp³-hybridized carbons (Fsp3) is 0.400. The van der Waals surface area contributed by atoms with Crippen LogP contribution in [0.3, 0.4) is 0 Å².